The molecule has 0 spiro atoms. The Morgan fingerprint density at radius 1 is 1.40 bits per heavy atom. The van der Waals surface area contributed by atoms with Crippen molar-refractivity contribution in [2.45, 2.75) is 33.7 Å². The van der Waals surface area contributed by atoms with Crippen molar-refractivity contribution in [1.82, 2.24) is 9.97 Å². The summed E-state index contributed by atoms with van der Waals surface area (Å²) < 4.78 is 0. The Morgan fingerprint density at radius 2 is 2.10 bits per heavy atom. The monoisotopic (exact) mass is 291 g/mol. The minimum atomic E-state index is -1.01. The Hall–Kier alpha value is -1.95. The number of hydrogen-bond donors (Lipinski definition) is 2. The van der Waals surface area contributed by atoms with Crippen molar-refractivity contribution in [2.24, 2.45) is 0 Å². The summed E-state index contributed by atoms with van der Waals surface area (Å²) in [5, 5.41) is 12.2. The second kappa shape index (κ2) is 5.58. The zero-order chi connectivity index (χ0) is 14.9. The molecule has 0 aromatic carbocycles. The van der Waals surface area contributed by atoms with Crippen molar-refractivity contribution in [2.75, 3.05) is 5.32 Å². The molecule has 0 aliphatic heterocycles. The molecule has 0 saturated heterocycles. The van der Waals surface area contributed by atoms with Gasteiger partial charge in [-0.1, -0.05) is 0 Å². The van der Waals surface area contributed by atoms with Gasteiger partial charge in [-0.15, -0.1) is 11.3 Å². The second-order valence-corrected chi connectivity index (χ2v) is 6.19. The van der Waals surface area contributed by atoms with Crippen molar-refractivity contribution in [1.29, 1.82) is 0 Å². The number of carbonyl (C=O) groups is 1. The van der Waals surface area contributed by atoms with Crippen LogP contribution in [0.1, 0.15) is 44.3 Å². The van der Waals surface area contributed by atoms with Gasteiger partial charge in [0, 0.05) is 16.0 Å². The van der Waals surface area contributed by atoms with Gasteiger partial charge in [0.2, 0.25) is 5.95 Å². The van der Waals surface area contributed by atoms with Crippen LogP contribution in [0.5, 0.6) is 0 Å². The maximum atomic E-state index is 10.9. The van der Waals surface area contributed by atoms with Crippen LogP contribution in [0.25, 0.3) is 0 Å². The second-order valence-electron chi connectivity index (χ2n) is 4.73. The fourth-order valence-corrected chi connectivity index (χ4v) is 3.12. The average molecular weight is 291 g/mol. The van der Waals surface area contributed by atoms with E-state index >= 15 is 0 Å². The Balaban J connectivity index is 2.20. The number of carboxylic acids is 1. The molecule has 106 valence electrons. The molecule has 0 aliphatic rings. The molecule has 2 aromatic heterocycles. The first-order chi connectivity index (χ1) is 9.38. The summed E-state index contributed by atoms with van der Waals surface area (Å²) in [6, 6.07) is 2.23. The highest BCUT2D eigenvalue weighted by Gasteiger charge is 2.14. The Morgan fingerprint density at radius 3 is 2.60 bits per heavy atom. The maximum absolute atomic E-state index is 10.9. The van der Waals surface area contributed by atoms with E-state index in [0.29, 0.717) is 11.6 Å². The molecule has 0 saturated carbocycles. The molecule has 2 heterocycles. The van der Waals surface area contributed by atoms with E-state index in [1.165, 1.54) is 21.5 Å². The van der Waals surface area contributed by atoms with Crippen molar-refractivity contribution < 1.29 is 9.90 Å². The SMILES string of the molecule is Cc1cc(C(C)Nc2ncc(C(=O)O)c(C)n2)c(C)s1. The zero-order valence-corrected chi connectivity index (χ0v) is 12.7. The topological polar surface area (TPSA) is 75.1 Å². The number of nitrogens with zero attached hydrogens (tertiary/aromatic N) is 2. The summed E-state index contributed by atoms with van der Waals surface area (Å²) in [6.07, 6.45) is 1.34. The molecule has 0 amide bonds. The molecule has 1 unspecified atom stereocenters. The van der Waals surface area contributed by atoms with Gasteiger partial charge in [0.1, 0.15) is 0 Å². The maximum Gasteiger partial charge on any atom is 0.339 e. The van der Waals surface area contributed by atoms with E-state index in [1.54, 1.807) is 18.3 Å². The Kier molecular flexibility index (Phi) is 4.04. The third-order valence-electron chi connectivity index (χ3n) is 3.10. The first kappa shape index (κ1) is 14.5. The molecule has 2 aromatic rings. The minimum Gasteiger partial charge on any atom is -0.478 e. The van der Waals surface area contributed by atoms with Crippen molar-refractivity contribution in [3.63, 3.8) is 0 Å². The summed E-state index contributed by atoms with van der Waals surface area (Å²) in [7, 11) is 0. The standard InChI is InChI=1S/C14H17N3O2S/c1-7-5-11(10(4)20-7)8(2)16-14-15-6-12(13(18)19)9(3)17-14/h5-6,8H,1-4H3,(H,18,19)(H,15,16,17). The molecule has 2 rings (SSSR count). The van der Waals surface area contributed by atoms with Gasteiger partial charge >= 0.3 is 5.97 Å². The van der Waals surface area contributed by atoms with Crippen molar-refractivity contribution in [3.8, 4) is 0 Å². The van der Waals surface area contributed by atoms with Gasteiger partial charge in [-0.2, -0.15) is 0 Å². The summed E-state index contributed by atoms with van der Waals surface area (Å²) in [6.45, 7) is 7.88. The summed E-state index contributed by atoms with van der Waals surface area (Å²) in [5.41, 5.74) is 1.81. The minimum absolute atomic E-state index is 0.0787. The van der Waals surface area contributed by atoms with Gasteiger partial charge in [-0.25, -0.2) is 14.8 Å². The highest BCUT2D eigenvalue weighted by atomic mass is 32.1. The number of nitrogens with one attached hydrogen (secondary N) is 1. The molecule has 0 fully saturated rings. The van der Waals surface area contributed by atoms with Crippen LogP contribution < -0.4 is 5.32 Å². The van der Waals surface area contributed by atoms with E-state index in [0.717, 1.165) is 0 Å². The molecule has 1 atom stereocenters. The number of rotatable bonds is 4. The fourth-order valence-electron chi connectivity index (χ4n) is 2.10. The van der Waals surface area contributed by atoms with Crippen LogP contribution in [0.2, 0.25) is 0 Å². The van der Waals surface area contributed by atoms with Crippen LogP contribution in [0, 0.1) is 20.8 Å². The van der Waals surface area contributed by atoms with Gasteiger partial charge in [0.15, 0.2) is 0 Å². The van der Waals surface area contributed by atoms with E-state index in [2.05, 4.69) is 35.2 Å². The fraction of sp³-hybridized carbons (Fsp3) is 0.357. The molecular weight excluding hydrogens is 274 g/mol. The van der Waals surface area contributed by atoms with E-state index in [1.807, 2.05) is 6.92 Å². The number of aromatic carboxylic acids is 1. The lowest BCUT2D eigenvalue weighted by atomic mass is 10.1. The molecule has 6 heteroatoms. The molecule has 5 nitrogen and oxygen atoms in total. The van der Waals surface area contributed by atoms with Crippen LogP contribution in [0.4, 0.5) is 5.95 Å². The number of hydrogen-bond acceptors (Lipinski definition) is 5. The van der Waals surface area contributed by atoms with Crippen LogP contribution in [-0.2, 0) is 0 Å². The Labute approximate surface area is 121 Å². The van der Waals surface area contributed by atoms with Gasteiger partial charge in [-0.05, 0) is 39.3 Å². The first-order valence-electron chi connectivity index (χ1n) is 6.29. The van der Waals surface area contributed by atoms with Gasteiger partial charge in [0.05, 0.1) is 17.3 Å². The largest absolute Gasteiger partial charge is 0.478 e. The van der Waals surface area contributed by atoms with Crippen LogP contribution >= 0.6 is 11.3 Å². The van der Waals surface area contributed by atoms with E-state index in [9.17, 15) is 4.79 Å². The van der Waals surface area contributed by atoms with E-state index in [4.69, 9.17) is 5.11 Å². The van der Waals surface area contributed by atoms with Crippen LogP contribution in [0.3, 0.4) is 0 Å². The highest BCUT2D eigenvalue weighted by molar-refractivity contribution is 7.12. The molecule has 2 N–H and O–H groups in total. The number of aryl methyl sites for hydroxylation is 3. The van der Waals surface area contributed by atoms with Gasteiger partial charge in [0.25, 0.3) is 0 Å². The predicted molar refractivity (Wildman–Crippen MR) is 79.6 cm³/mol. The highest BCUT2D eigenvalue weighted by Crippen LogP contribution is 2.27. The number of thiophene rings is 1. The molecule has 0 aliphatic carbocycles. The van der Waals surface area contributed by atoms with Crippen LogP contribution in [0.15, 0.2) is 12.3 Å². The summed E-state index contributed by atoms with van der Waals surface area (Å²) in [4.78, 5) is 21.7. The molecule has 0 bridgehead atoms. The lowest BCUT2D eigenvalue weighted by Crippen LogP contribution is -2.12. The predicted octanol–water partition coefficient (Wildman–Crippen LogP) is 3.33. The van der Waals surface area contributed by atoms with Gasteiger partial charge < -0.3 is 10.4 Å². The van der Waals surface area contributed by atoms with E-state index in [-0.39, 0.29) is 11.6 Å². The number of aromatic nitrogens is 2. The molecule has 20 heavy (non-hydrogen) atoms. The zero-order valence-electron chi connectivity index (χ0n) is 11.9. The molecule has 0 radical (unpaired) electrons. The number of anilines is 1. The van der Waals surface area contributed by atoms with Crippen LogP contribution in [-0.4, -0.2) is 21.0 Å². The third-order valence-corrected chi connectivity index (χ3v) is 4.08. The molecular formula is C14H17N3O2S. The van der Waals surface area contributed by atoms with Gasteiger partial charge in [-0.3, -0.25) is 0 Å². The third kappa shape index (κ3) is 2.96. The van der Waals surface area contributed by atoms with Crippen molar-refractivity contribution in [3.05, 3.63) is 38.8 Å². The first-order valence-corrected chi connectivity index (χ1v) is 7.10. The number of carboxylic acid groups (broad SMARTS) is 1. The average Bonchev–Trinajstić information content (AvgIpc) is 2.68. The van der Waals surface area contributed by atoms with E-state index < -0.39 is 5.97 Å². The Bertz CT molecular complexity index is 652. The smallest absolute Gasteiger partial charge is 0.339 e. The lowest BCUT2D eigenvalue weighted by molar-refractivity contribution is 0.0695. The summed E-state index contributed by atoms with van der Waals surface area (Å²) in [5.74, 6) is -0.561. The quantitative estimate of drug-likeness (QED) is 0.903. The lowest BCUT2D eigenvalue weighted by Gasteiger charge is -2.14. The summed E-state index contributed by atoms with van der Waals surface area (Å²) >= 11 is 1.76. The van der Waals surface area contributed by atoms with Crippen molar-refractivity contribution >= 4 is 23.3 Å². The normalized spacial score (nSPS) is 12.2.